The summed E-state index contributed by atoms with van der Waals surface area (Å²) in [5, 5.41) is 19.2. The summed E-state index contributed by atoms with van der Waals surface area (Å²) >= 11 is 5.04. The van der Waals surface area contributed by atoms with Gasteiger partial charge in [-0.2, -0.15) is 52.7 Å². The van der Waals surface area contributed by atoms with E-state index in [0.29, 0.717) is 76.6 Å². The lowest BCUT2D eigenvalue weighted by Gasteiger charge is -2.56. The van der Waals surface area contributed by atoms with Crippen LogP contribution in [-0.2, 0) is 74.7 Å². The minimum absolute atomic E-state index is 0.119. The molecule has 0 aliphatic carbocycles. The van der Waals surface area contributed by atoms with Crippen LogP contribution in [0.15, 0.2) is 121 Å². The first-order chi connectivity index (χ1) is 61.8. The van der Waals surface area contributed by atoms with E-state index in [1.54, 1.807) is 18.2 Å². The van der Waals surface area contributed by atoms with Gasteiger partial charge in [0, 0.05) is 161 Å². The summed E-state index contributed by atoms with van der Waals surface area (Å²) in [5.74, 6) is -4.22. The molecule has 24 atom stereocenters. The third-order valence-corrected chi connectivity index (χ3v) is 37.1. The highest BCUT2D eigenvalue weighted by atomic mass is 35.5. The van der Waals surface area contributed by atoms with Crippen molar-refractivity contribution < 1.29 is 115 Å². The maximum absolute atomic E-state index is 14.2. The molecule has 10 saturated heterocycles. The Labute approximate surface area is 797 Å². The van der Waals surface area contributed by atoms with Crippen molar-refractivity contribution >= 4 is 168 Å². The summed E-state index contributed by atoms with van der Waals surface area (Å²) in [4.78, 5) is 50.6. The molecular weight excluding hydrogens is 2040 g/mol. The van der Waals surface area contributed by atoms with Gasteiger partial charge in [0.25, 0.3) is 27.6 Å². The van der Waals surface area contributed by atoms with Crippen molar-refractivity contribution in [3.8, 4) is 0 Å². The number of aliphatic hydroxyl groups is 2. The Morgan fingerprint density at radius 3 is 0.672 bits per heavy atom. The second-order valence-corrected chi connectivity index (χ2v) is 46.1. The van der Waals surface area contributed by atoms with E-state index in [1.807, 2.05) is 14.0 Å². The summed E-state index contributed by atoms with van der Waals surface area (Å²) in [6, 6.07) is 27.9. The Morgan fingerprint density at radius 1 is 0.321 bits per heavy atom. The molecule has 0 bridgehead atoms. The molecule has 10 aliphatic heterocycles. The van der Waals surface area contributed by atoms with Crippen molar-refractivity contribution in [3.05, 3.63) is 144 Å². The molecule has 23 nitrogen and oxygen atoms in total. The number of benzene rings is 4. The largest absolute Gasteiger partial charge is 0.452 e. The van der Waals surface area contributed by atoms with Crippen molar-refractivity contribution in [3.63, 3.8) is 0 Å². The number of piperidine rings is 5. The number of hydrogen-bond acceptors (Lipinski definition) is 23. The maximum Gasteiger partial charge on any atom is 0.432 e. The van der Waals surface area contributed by atoms with Crippen LogP contribution in [0.3, 0.4) is 0 Å². The van der Waals surface area contributed by atoms with E-state index in [4.69, 9.17) is 40.0 Å². The predicted molar refractivity (Wildman–Crippen MR) is 530 cm³/mol. The normalized spacial score (nSPS) is 26.3. The predicted octanol–water partition coefficient (Wildman–Crippen LogP) is 16.1. The van der Waals surface area contributed by atoms with Gasteiger partial charge in [0.1, 0.15) is 11.2 Å². The molecule has 2 N–H and O–H groups in total. The zero-order chi connectivity index (χ0) is 96.6. The Kier molecular flexibility index (Phi) is 43.5. The first-order valence-corrected chi connectivity index (χ1v) is 59.2. The number of halogens is 13. The number of hydrogen-bond donors (Lipinski definition) is 2. The Hall–Kier alpha value is 0.220. The number of β-amino-alcohol motifs (C(OH)–C–C–N with tert-alkyl or cyclic N) is 2. The Morgan fingerprint density at radius 2 is 0.504 bits per heavy atom. The molecule has 738 valence electrons. The molecule has 0 aromatic heterocycles. The molecule has 16 unspecified atom stereocenters. The average Bonchev–Trinajstić information content (AvgIpc) is 0.732. The van der Waals surface area contributed by atoms with Crippen LogP contribution in [0.1, 0.15) is 119 Å². The fourth-order valence-electron chi connectivity index (χ4n) is 19.2. The standard InChI is InChI=1S/3C18H26F3N2O3P3.C10H8ClF3O2.2C8H19N2OP3/c3*1-25-17(18(19,20)21,13-7-3-2-4-8-13)15(24)26-16(11-22(27)12-16)14-9-5-6-10-23(14)29-28;1-16-9(8(11)15,10(12,13)14)7-5-3-2-4-6-7;2*11-8(5-9(12)6-8)7-3-1-2-4-10(7)14-13/h3*2-4,7-8,14,29H,5-6,9-12,27-28H2,1H3;2-6H,1H3;2*7,11,14H,1-6,12-13H2/t14?,17-;14-,17+;14-,17-;9-;2*7-/m010010/s1. The van der Waals surface area contributed by atoms with Gasteiger partial charge in [-0.05, 0) is 118 Å². The minimum atomic E-state index is -4.97. The summed E-state index contributed by atoms with van der Waals surface area (Å²) in [7, 11) is 32.8. The van der Waals surface area contributed by atoms with Crippen LogP contribution >= 0.6 is 145 Å². The van der Waals surface area contributed by atoms with Crippen molar-refractivity contribution in [2.45, 2.75) is 202 Å². The smallest absolute Gasteiger partial charge is 0.432 e. The molecule has 0 saturated carbocycles. The van der Waals surface area contributed by atoms with Crippen LogP contribution in [0.2, 0.25) is 0 Å². The molecule has 51 heteroatoms. The number of carbonyl (C=O) groups excluding carboxylic acids is 4. The summed E-state index contributed by atoms with van der Waals surface area (Å²) in [6.45, 7) is 10.3. The highest BCUT2D eigenvalue weighted by molar-refractivity contribution is 8.02. The van der Waals surface area contributed by atoms with E-state index in [0.717, 1.165) is 187 Å². The van der Waals surface area contributed by atoms with Gasteiger partial charge >= 0.3 is 42.6 Å². The summed E-state index contributed by atoms with van der Waals surface area (Å²) in [5.41, 5.74) is -17.6. The second-order valence-electron chi connectivity index (χ2n) is 34.0. The summed E-state index contributed by atoms with van der Waals surface area (Å²) in [6.07, 6.45) is -4.07. The topological polar surface area (TPSA) is 206 Å². The SMILES string of the molecule is CO[C@](C(=O)Cl)(c1ccccc1)C(F)(F)F.CO[C@](C(=O)OC1(C2CCCCN2PP)CN(P)C1)(c1ccccc1)C(F)(F)F.CO[C@](C(=O)OC1([C@@H]2CCCCN2PP)CN(P)C1)(c1ccccc1)C(F)(F)F.CO[C@](C(=O)OC1([C@H]2CCCCN2PP)CN(P)C1)(c1ccccc1)C(F)(F)F.OC1([C@@H]2CCCCN2PP)CN(P)C1.OC1([C@H]2CCCCN2PP)CN(P)C1. The Balaban J connectivity index is 0.000000182. The van der Waals surface area contributed by atoms with Crippen molar-refractivity contribution in [2.24, 2.45) is 0 Å². The van der Waals surface area contributed by atoms with Crippen LogP contribution in [0.5, 0.6) is 0 Å². The molecule has 131 heavy (non-hydrogen) atoms. The van der Waals surface area contributed by atoms with Gasteiger partial charge in [0.2, 0.25) is 0 Å². The molecule has 10 aliphatic rings. The van der Waals surface area contributed by atoms with Gasteiger partial charge in [-0.1, -0.05) is 245 Å². The lowest BCUT2D eigenvalue weighted by atomic mass is 9.82. The van der Waals surface area contributed by atoms with Crippen LogP contribution in [0.4, 0.5) is 52.7 Å². The van der Waals surface area contributed by atoms with E-state index in [2.05, 4.69) is 129 Å². The number of alkyl halides is 12. The number of nitrogens with zero attached hydrogens (tertiary/aromatic N) is 10. The first-order valence-electron chi connectivity index (χ1n) is 42.4. The number of esters is 3. The summed E-state index contributed by atoms with van der Waals surface area (Å²) < 4.78 is 224. The van der Waals surface area contributed by atoms with Gasteiger partial charge in [0.15, 0.2) is 16.8 Å². The number of methoxy groups -OCH3 is 4. The van der Waals surface area contributed by atoms with Crippen molar-refractivity contribution in [1.29, 1.82) is 0 Å². The zero-order valence-corrected chi connectivity index (χ0v) is 90.5. The van der Waals surface area contributed by atoms with E-state index < -0.39 is 98.3 Å². The maximum atomic E-state index is 14.2. The molecule has 0 spiro atoms. The average molecular weight is 2160 g/mol. The first kappa shape index (κ1) is 115. The van der Waals surface area contributed by atoms with Crippen LogP contribution in [-0.4, -0.2) is 290 Å². The number of carbonyl (C=O) groups is 4. The number of ether oxygens (including phenoxy) is 7. The lowest BCUT2D eigenvalue weighted by molar-refractivity contribution is -0.287. The molecular formula is C80H124ClF12N10O13P15. The zero-order valence-electron chi connectivity index (χ0n) is 73.2. The van der Waals surface area contributed by atoms with Crippen LogP contribution in [0.25, 0.3) is 0 Å². The highest BCUT2D eigenvalue weighted by Gasteiger charge is 2.71. The number of rotatable bonds is 25. The fourth-order valence-corrected chi connectivity index (χ4v) is 31.4. The van der Waals surface area contributed by atoms with E-state index in [1.165, 1.54) is 117 Å². The molecule has 0 amide bonds. The third kappa shape index (κ3) is 25.8. The molecule has 4 aromatic carbocycles. The van der Waals surface area contributed by atoms with Gasteiger partial charge in [0.05, 0.1) is 18.1 Å². The van der Waals surface area contributed by atoms with Gasteiger partial charge in [-0.25, -0.2) is 14.4 Å². The Bertz CT molecular complexity index is 3940. The van der Waals surface area contributed by atoms with Crippen LogP contribution in [0, 0.1) is 0 Å². The quantitative estimate of drug-likeness (QED) is 0.0208. The van der Waals surface area contributed by atoms with E-state index >= 15 is 0 Å². The molecule has 14 rings (SSSR count). The highest BCUT2D eigenvalue weighted by Crippen LogP contribution is 2.55. The molecule has 10 heterocycles. The monoisotopic (exact) mass is 2160 g/mol. The molecule has 0 radical (unpaired) electrons. The van der Waals surface area contributed by atoms with Crippen molar-refractivity contribution in [2.75, 3.05) is 127 Å². The molecule has 10 fully saturated rings. The lowest BCUT2D eigenvalue weighted by Crippen LogP contribution is -2.71. The van der Waals surface area contributed by atoms with Gasteiger partial charge in [-0.15, -0.1) is 0 Å². The fraction of sp³-hybridized carbons (Fsp3) is 0.650. The third-order valence-electron chi connectivity index (χ3n) is 25.7. The minimum Gasteiger partial charge on any atom is -0.452 e. The van der Waals surface area contributed by atoms with Crippen LogP contribution < -0.4 is 0 Å². The van der Waals surface area contributed by atoms with Gasteiger partial charge < -0.3 is 43.4 Å². The molecule has 4 aromatic rings. The van der Waals surface area contributed by atoms with Crippen molar-refractivity contribution in [1.82, 2.24) is 46.7 Å². The second kappa shape index (κ2) is 49.7. The van der Waals surface area contributed by atoms with E-state index in [-0.39, 0.29) is 40.4 Å². The van der Waals surface area contributed by atoms with Gasteiger partial charge in [-0.3, -0.25) is 51.5 Å². The van der Waals surface area contributed by atoms with E-state index in [9.17, 15) is 82.1 Å².